The molecule has 3 heterocycles. The normalized spacial score (nSPS) is 24.8. The first-order valence-corrected chi connectivity index (χ1v) is 17.5. The molecule has 5 nitrogen and oxygen atoms in total. The molecule has 1 saturated heterocycles. The van der Waals surface area contributed by atoms with Crippen LogP contribution in [0.15, 0.2) is 52.3 Å². The van der Waals surface area contributed by atoms with Gasteiger partial charge < -0.3 is 14.2 Å². The summed E-state index contributed by atoms with van der Waals surface area (Å²) in [4.78, 5) is 14.4. The third-order valence-corrected chi connectivity index (χ3v) is 10.8. The number of oxazole rings is 1. The molecule has 0 radical (unpaired) electrons. The van der Waals surface area contributed by atoms with Crippen LogP contribution in [-0.2, 0) is 6.42 Å². The Morgan fingerprint density at radius 3 is 2.24 bits per heavy atom. The first kappa shape index (κ1) is 31.3. The van der Waals surface area contributed by atoms with Crippen LogP contribution in [0.2, 0.25) is 0 Å². The zero-order valence-electron chi connectivity index (χ0n) is 27.0. The lowest BCUT2D eigenvalue weighted by Crippen LogP contribution is -2.39. The number of nitrogens with zero attached hydrogens (tertiary/aromatic N) is 4. The summed E-state index contributed by atoms with van der Waals surface area (Å²) in [5, 5.41) is 2.23. The van der Waals surface area contributed by atoms with E-state index in [9.17, 15) is 0 Å². The van der Waals surface area contributed by atoms with Crippen molar-refractivity contribution in [3.05, 3.63) is 69.9 Å². The number of rotatable bonds is 12. The van der Waals surface area contributed by atoms with Gasteiger partial charge in [0, 0.05) is 30.4 Å². The highest BCUT2D eigenvalue weighted by atomic mass is 32.1. The van der Waals surface area contributed by atoms with E-state index in [0.29, 0.717) is 23.8 Å². The third kappa shape index (κ3) is 7.49. The lowest BCUT2D eigenvalue weighted by Gasteiger charge is -2.38. The van der Waals surface area contributed by atoms with Gasteiger partial charge in [-0.15, -0.1) is 11.3 Å². The molecule has 42 heavy (non-hydrogen) atoms. The fourth-order valence-electron chi connectivity index (χ4n) is 7.98. The lowest BCUT2D eigenvalue weighted by atomic mass is 9.75. The zero-order chi connectivity index (χ0) is 29.6. The van der Waals surface area contributed by atoms with Gasteiger partial charge in [0.2, 0.25) is 11.8 Å². The van der Waals surface area contributed by atoms with Crippen LogP contribution in [0, 0.1) is 23.7 Å². The molecular formula is C36H54N4OS. The number of benzene rings is 1. The summed E-state index contributed by atoms with van der Waals surface area (Å²) < 4.78 is 6.92. The molecule has 1 aliphatic heterocycles. The Balaban J connectivity index is 1.37. The number of piperidine rings is 1. The standard InChI is InChI=1S/C36H54N4OS/c1-7-39(8-2)32(23-29-16-18-30(19-17-29)34(38(5)6)33-15-12-20-42-33)35-37-31(22-28-13-10-9-11-14-28)36(41-35)40-24-26(3)21-27(4)25-40/h9-15,20,26-27,29-30,32,34H,7-8,16-19,21-25H2,1-6H3. The summed E-state index contributed by atoms with van der Waals surface area (Å²) in [7, 11) is 4.51. The lowest BCUT2D eigenvalue weighted by molar-refractivity contribution is 0.113. The van der Waals surface area contributed by atoms with Gasteiger partial charge in [0.1, 0.15) is 5.69 Å². The molecule has 2 aliphatic rings. The average molecular weight is 591 g/mol. The fraction of sp³-hybridized carbons (Fsp3) is 0.639. The molecule has 2 fully saturated rings. The Bertz CT molecular complexity index is 1190. The summed E-state index contributed by atoms with van der Waals surface area (Å²) in [6, 6.07) is 16.1. The van der Waals surface area contributed by atoms with Crippen molar-refractivity contribution in [1.29, 1.82) is 0 Å². The maximum atomic E-state index is 6.92. The van der Waals surface area contributed by atoms with Crippen molar-refractivity contribution in [1.82, 2.24) is 14.8 Å². The predicted octanol–water partition coefficient (Wildman–Crippen LogP) is 8.69. The third-order valence-electron chi connectivity index (χ3n) is 9.89. The maximum Gasteiger partial charge on any atom is 0.220 e. The second-order valence-corrected chi connectivity index (χ2v) is 14.5. The highest BCUT2D eigenvalue weighted by molar-refractivity contribution is 7.10. The second kappa shape index (κ2) is 14.5. The first-order valence-electron chi connectivity index (χ1n) is 16.6. The molecule has 0 N–H and O–H groups in total. The molecule has 4 unspecified atom stereocenters. The first-order chi connectivity index (χ1) is 20.4. The fourth-order valence-corrected chi connectivity index (χ4v) is 8.99. The molecule has 0 bridgehead atoms. The van der Waals surface area contributed by atoms with Crippen LogP contribution >= 0.6 is 11.3 Å². The smallest absolute Gasteiger partial charge is 0.220 e. The van der Waals surface area contributed by atoms with E-state index < -0.39 is 0 Å². The van der Waals surface area contributed by atoms with Gasteiger partial charge in [-0.25, -0.2) is 4.98 Å². The summed E-state index contributed by atoms with van der Waals surface area (Å²) >= 11 is 1.91. The van der Waals surface area contributed by atoms with Gasteiger partial charge in [-0.05, 0) is 93.5 Å². The average Bonchev–Trinajstić information content (AvgIpc) is 3.65. The number of aromatic nitrogens is 1. The van der Waals surface area contributed by atoms with Crippen LogP contribution < -0.4 is 4.90 Å². The van der Waals surface area contributed by atoms with E-state index in [1.165, 1.54) is 42.5 Å². The summed E-state index contributed by atoms with van der Waals surface area (Å²) in [5.41, 5.74) is 2.42. The Kier molecular flexibility index (Phi) is 10.8. The number of hydrogen-bond acceptors (Lipinski definition) is 6. The second-order valence-electron chi connectivity index (χ2n) is 13.5. The summed E-state index contributed by atoms with van der Waals surface area (Å²) in [5.74, 6) is 4.74. The number of thiophene rings is 1. The topological polar surface area (TPSA) is 35.8 Å². The van der Waals surface area contributed by atoms with E-state index in [-0.39, 0.29) is 6.04 Å². The van der Waals surface area contributed by atoms with E-state index in [4.69, 9.17) is 9.40 Å². The van der Waals surface area contributed by atoms with Crippen LogP contribution in [0.25, 0.3) is 0 Å². The molecule has 2 aromatic heterocycles. The minimum absolute atomic E-state index is 0.228. The van der Waals surface area contributed by atoms with Gasteiger partial charge in [0.25, 0.3) is 0 Å². The molecule has 0 amide bonds. The van der Waals surface area contributed by atoms with Crippen LogP contribution in [0.3, 0.4) is 0 Å². The maximum absolute atomic E-state index is 6.92. The van der Waals surface area contributed by atoms with Crippen molar-refractivity contribution in [3.63, 3.8) is 0 Å². The molecule has 4 atom stereocenters. The van der Waals surface area contributed by atoms with Crippen molar-refractivity contribution in [2.45, 2.75) is 84.7 Å². The van der Waals surface area contributed by atoms with E-state index in [0.717, 1.165) is 62.4 Å². The van der Waals surface area contributed by atoms with E-state index in [1.807, 2.05) is 11.3 Å². The van der Waals surface area contributed by atoms with E-state index in [2.05, 4.69) is 104 Å². The Morgan fingerprint density at radius 2 is 1.64 bits per heavy atom. The van der Waals surface area contributed by atoms with Crippen molar-refractivity contribution >= 4 is 17.2 Å². The van der Waals surface area contributed by atoms with Crippen LogP contribution in [-0.4, -0.2) is 55.1 Å². The van der Waals surface area contributed by atoms with Crippen molar-refractivity contribution in [2.24, 2.45) is 23.7 Å². The van der Waals surface area contributed by atoms with E-state index in [1.54, 1.807) is 0 Å². The summed E-state index contributed by atoms with van der Waals surface area (Å²) in [6.07, 6.45) is 8.44. The highest BCUT2D eigenvalue weighted by Crippen LogP contribution is 2.44. The quantitative estimate of drug-likeness (QED) is 0.211. The molecule has 1 aliphatic carbocycles. The minimum atomic E-state index is 0.228. The van der Waals surface area contributed by atoms with Gasteiger partial charge >= 0.3 is 0 Å². The van der Waals surface area contributed by atoms with Gasteiger partial charge in [-0.2, -0.15) is 0 Å². The number of hydrogen-bond donors (Lipinski definition) is 0. The predicted molar refractivity (Wildman–Crippen MR) is 177 cm³/mol. The zero-order valence-corrected chi connectivity index (χ0v) is 27.8. The van der Waals surface area contributed by atoms with Crippen molar-refractivity contribution < 1.29 is 4.42 Å². The van der Waals surface area contributed by atoms with Crippen LogP contribution in [0.1, 0.15) is 100 Å². The molecule has 6 heteroatoms. The molecular weight excluding hydrogens is 536 g/mol. The van der Waals surface area contributed by atoms with Gasteiger partial charge in [0.15, 0.2) is 0 Å². The summed E-state index contributed by atoms with van der Waals surface area (Å²) in [6.45, 7) is 13.5. The largest absolute Gasteiger partial charge is 0.423 e. The van der Waals surface area contributed by atoms with Crippen molar-refractivity contribution in [3.8, 4) is 0 Å². The van der Waals surface area contributed by atoms with Crippen molar-refractivity contribution in [2.75, 3.05) is 45.2 Å². The van der Waals surface area contributed by atoms with Gasteiger partial charge in [-0.3, -0.25) is 4.90 Å². The molecule has 1 aromatic carbocycles. The molecule has 3 aromatic rings. The Labute approximate surface area is 259 Å². The van der Waals surface area contributed by atoms with E-state index >= 15 is 0 Å². The molecule has 0 spiro atoms. The van der Waals surface area contributed by atoms with Gasteiger partial charge in [0.05, 0.1) is 6.04 Å². The highest BCUT2D eigenvalue weighted by Gasteiger charge is 2.35. The van der Waals surface area contributed by atoms with Gasteiger partial charge in [-0.1, -0.05) is 76.9 Å². The molecule has 5 rings (SSSR count). The molecule has 1 saturated carbocycles. The number of anilines is 1. The Morgan fingerprint density at radius 1 is 0.952 bits per heavy atom. The monoisotopic (exact) mass is 590 g/mol. The SMILES string of the molecule is CCN(CC)C(CC1CCC(C(c2cccs2)N(C)C)CC1)c1nc(Cc2ccccc2)c(N2CC(C)CC(C)C2)o1. The van der Waals surface area contributed by atoms with Crippen LogP contribution in [0.4, 0.5) is 5.88 Å². The molecule has 230 valence electrons. The van der Waals surface area contributed by atoms with Crippen LogP contribution in [0.5, 0.6) is 0 Å². The Hall–Kier alpha value is -2.15. The minimum Gasteiger partial charge on any atom is -0.423 e.